The fourth-order valence-electron chi connectivity index (χ4n) is 9.45. The molecule has 0 bridgehead atoms. The Morgan fingerprint density at radius 3 is 1.68 bits per heavy atom. The van der Waals surface area contributed by atoms with Crippen LogP contribution in [0.4, 0.5) is 0 Å². The summed E-state index contributed by atoms with van der Waals surface area (Å²) in [7, 11) is -4.07. The second-order valence-corrected chi connectivity index (χ2v) is 40.6. The van der Waals surface area contributed by atoms with Crippen molar-refractivity contribution in [2.45, 2.75) is 240 Å². The normalized spacial score (nSPS) is 23.9. The van der Waals surface area contributed by atoms with Crippen LogP contribution in [0.5, 0.6) is 0 Å². The van der Waals surface area contributed by atoms with Crippen LogP contribution in [-0.4, -0.2) is 59.3 Å². The molecule has 296 valence electrons. The van der Waals surface area contributed by atoms with E-state index in [2.05, 4.69) is 107 Å². The second-order valence-electron chi connectivity index (χ2n) is 17.4. The van der Waals surface area contributed by atoms with Gasteiger partial charge in [-0.1, -0.05) is 0 Å². The van der Waals surface area contributed by atoms with Gasteiger partial charge >= 0.3 is 322 Å². The predicted molar refractivity (Wildman–Crippen MR) is 228 cm³/mol. The molecule has 5 atom stereocenters. The van der Waals surface area contributed by atoms with Crippen LogP contribution < -0.4 is 0 Å². The van der Waals surface area contributed by atoms with E-state index in [-0.39, 0.29) is 36.1 Å². The van der Waals surface area contributed by atoms with Gasteiger partial charge in [-0.2, -0.15) is 0 Å². The number of carbonyl (C=O) groups is 1. The predicted octanol–water partition coefficient (Wildman–Crippen LogP) is 14.4. The first-order valence-corrected chi connectivity index (χ1v) is 34.3. The number of unbranched alkanes of at least 4 members (excludes halogenated alkanes) is 3. The van der Waals surface area contributed by atoms with Crippen molar-refractivity contribution in [2.24, 2.45) is 11.8 Å². The topological polar surface area (TPSA) is 44.8 Å². The van der Waals surface area contributed by atoms with E-state index in [0.717, 1.165) is 50.2 Å². The van der Waals surface area contributed by atoms with Crippen molar-refractivity contribution in [3.05, 3.63) is 10.2 Å². The van der Waals surface area contributed by atoms with Crippen molar-refractivity contribution >= 4 is 41.0 Å². The fraction of sp³-hybridized carbons (Fsp3) is 0.930. The molecule has 0 unspecified atom stereocenters. The molecule has 0 radical (unpaired) electrons. The molecule has 1 aliphatic rings. The van der Waals surface area contributed by atoms with Crippen LogP contribution in [0.2, 0.25) is 48.1 Å². The van der Waals surface area contributed by atoms with E-state index in [1.54, 1.807) is 0 Å². The summed E-state index contributed by atoms with van der Waals surface area (Å²) in [6, 6.07) is 3.42. The molecule has 0 spiro atoms. The van der Waals surface area contributed by atoms with Crippen LogP contribution >= 0.6 is 0 Å². The summed E-state index contributed by atoms with van der Waals surface area (Å²) >= 11 is -2.57. The molecule has 50 heavy (non-hydrogen) atoms. The van der Waals surface area contributed by atoms with E-state index in [1.165, 1.54) is 51.8 Å². The number of hydrogen-bond donors (Lipinski definition) is 0. The first kappa shape index (κ1) is 48.4. The Labute approximate surface area is 319 Å². The maximum absolute atomic E-state index is 13.7. The summed E-state index contributed by atoms with van der Waals surface area (Å²) in [4.78, 5) is 13.7. The fourth-order valence-corrected chi connectivity index (χ4v) is 32.6. The third-order valence-corrected chi connectivity index (χ3v) is 38.0. The Morgan fingerprint density at radius 2 is 1.26 bits per heavy atom. The quantitative estimate of drug-likeness (QED) is 0.0804. The summed E-state index contributed by atoms with van der Waals surface area (Å²) in [6.07, 6.45) is 15.9. The molecule has 1 saturated heterocycles. The average Bonchev–Trinajstić information content (AvgIpc) is 3.09. The third-order valence-electron chi connectivity index (χ3n) is 13.1. The number of cyclic esters (lactones) is 1. The van der Waals surface area contributed by atoms with Crippen molar-refractivity contribution in [3.8, 4) is 0 Å². The molecule has 1 aliphatic heterocycles. The Kier molecular flexibility index (Phi) is 23.9. The third kappa shape index (κ3) is 14.5. The molecule has 7 heteroatoms. The summed E-state index contributed by atoms with van der Waals surface area (Å²) in [6.45, 7) is 33.3. The zero-order valence-corrected chi connectivity index (χ0v) is 41.0. The number of esters is 1. The van der Waals surface area contributed by atoms with Crippen LogP contribution in [0.25, 0.3) is 0 Å². The van der Waals surface area contributed by atoms with Gasteiger partial charge in [-0.05, 0) is 0 Å². The maximum atomic E-state index is 13.7. The molecule has 0 aromatic rings. The number of carbonyl (C=O) groups excluding carboxylic acids is 1. The molecule has 4 nitrogen and oxygen atoms in total. The average molecular weight is 844 g/mol. The van der Waals surface area contributed by atoms with E-state index < -0.39 is 35.0 Å². The zero-order chi connectivity index (χ0) is 38.0. The second kappa shape index (κ2) is 24.7. The Balaban J connectivity index is 3.90. The Morgan fingerprint density at radius 1 is 0.760 bits per heavy atom. The SMILES string of the molecule is CCC[CH2][Sn](/[CH]=C/[C@H]1CC(=O)O[C@H](CC)CCC[C@@H](O[Si](C(C)C)(C(C)C)C(C)C)[C@H](C)[C@@H](O[Si](CC)(CC)CC)C1)([CH2]CCC)[CH2]CCC. The van der Waals surface area contributed by atoms with Crippen LogP contribution in [0.1, 0.15) is 174 Å². The summed E-state index contributed by atoms with van der Waals surface area (Å²) in [5, 5.41) is 0. The minimum absolute atomic E-state index is 0.00131. The van der Waals surface area contributed by atoms with Gasteiger partial charge in [0.2, 0.25) is 0 Å². The van der Waals surface area contributed by atoms with Gasteiger partial charge in [0.05, 0.1) is 0 Å². The van der Waals surface area contributed by atoms with Gasteiger partial charge in [-0.15, -0.1) is 0 Å². The van der Waals surface area contributed by atoms with Gasteiger partial charge in [0.15, 0.2) is 0 Å². The molecule has 0 N–H and O–H groups in total. The van der Waals surface area contributed by atoms with Crippen LogP contribution in [-0.2, 0) is 18.4 Å². The van der Waals surface area contributed by atoms with Gasteiger partial charge in [-0.3, -0.25) is 0 Å². The van der Waals surface area contributed by atoms with Crippen molar-refractivity contribution in [1.82, 2.24) is 0 Å². The van der Waals surface area contributed by atoms with E-state index in [9.17, 15) is 4.79 Å². The number of ether oxygens (including phenoxy) is 1. The van der Waals surface area contributed by atoms with Crippen LogP contribution in [0, 0.1) is 11.8 Å². The molecule has 0 aliphatic carbocycles. The molecular formula is C43H88O4Si2Sn. The van der Waals surface area contributed by atoms with Crippen molar-refractivity contribution in [1.29, 1.82) is 0 Å². The molecule has 1 rings (SSSR count). The molecule has 0 aromatic heterocycles. The van der Waals surface area contributed by atoms with Crippen molar-refractivity contribution in [2.75, 3.05) is 0 Å². The van der Waals surface area contributed by atoms with E-state index >= 15 is 0 Å². The Bertz CT molecular complexity index is 882. The minimum atomic E-state index is -2.57. The van der Waals surface area contributed by atoms with Gasteiger partial charge in [0.1, 0.15) is 0 Å². The summed E-state index contributed by atoms with van der Waals surface area (Å²) < 4.78 is 28.8. The molecule has 0 aromatic carbocycles. The van der Waals surface area contributed by atoms with Gasteiger partial charge in [-0.25, -0.2) is 0 Å². The number of hydrogen-bond acceptors (Lipinski definition) is 4. The zero-order valence-electron chi connectivity index (χ0n) is 36.1. The first-order valence-electron chi connectivity index (χ1n) is 21.9. The first-order chi connectivity index (χ1) is 23.7. The number of allylic oxidation sites excluding steroid dienone is 1. The van der Waals surface area contributed by atoms with E-state index in [0.29, 0.717) is 23.0 Å². The standard InChI is InChI=1S/C31H61O4Si2.3C4H9.Sn/c1-13-27-21-30(34-36(15-3,16-4)17-5)26(12)29(20-18-19-28(14-2)33-31(32)22-27)35-37(23(6)7,24(8)9)25(10)11;3*1-3-4-2;/h1,13,23-30H,14-22H2,2-12H3;3*1,3-4H2,2H3;/t26-,27+,28+,29+,30-;;;;/m0..../s1. The Hall–Kier alpha value is 0.362. The number of rotatable bonds is 22. The molecule has 0 saturated carbocycles. The molecular weight excluding hydrogens is 755 g/mol. The van der Waals surface area contributed by atoms with E-state index in [4.69, 9.17) is 13.6 Å². The van der Waals surface area contributed by atoms with Gasteiger partial charge in [0.25, 0.3) is 0 Å². The van der Waals surface area contributed by atoms with Crippen LogP contribution in [0.15, 0.2) is 10.2 Å². The molecule has 1 heterocycles. The summed E-state index contributed by atoms with van der Waals surface area (Å²) in [5.41, 5.74) is 1.63. The molecule has 0 amide bonds. The van der Waals surface area contributed by atoms with Crippen LogP contribution in [0.3, 0.4) is 0 Å². The van der Waals surface area contributed by atoms with Crippen molar-refractivity contribution in [3.63, 3.8) is 0 Å². The van der Waals surface area contributed by atoms with Gasteiger partial charge in [0, 0.05) is 0 Å². The monoisotopic (exact) mass is 845 g/mol. The summed E-state index contributed by atoms with van der Waals surface area (Å²) in [5.74, 6) is 0.418. The molecule has 1 fully saturated rings. The van der Waals surface area contributed by atoms with Gasteiger partial charge < -0.3 is 0 Å². The van der Waals surface area contributed by atoms with E-state index in [1.807, 2.05) is 0 Å². The van der Waals surface area contributed by atoms with Crippen molar-refractivity contribution < 1.29 is 18.4 Å².